The van der Waals surface area contributed by atoms with Crippen molar-refractivity contribution in [1.82, 2.24) is 14.3 Å². The number of benzene rings is 1. The average molecular weight is 353 g/mol. The van der Waals surface area contributed by atoms with E-state index in [1.54, 1.807) is 55.0 Å². The minimum absolute atomic E-state index is 0.247. The highest BCUT2D eigenvalue weighted by Crippen LogP contribution is 2.34. The maximum Gasteiger partial charge on any atom is 0.244 e. The minimum Gasteiger partial charge on any atom is -0.456 e. The zero-order valence-electron chi connectivity index (χ0n) is 13.2. The average Bonchev–Trinajstić information content (AvgIpc) is 2.87. The Bertz CT molecular complexity index is 993. The summed E-state index contributed by atoms with van der Waals surface area (Å²) in [5.74, 6) is 1.19. The third kappa shape index (κ3) is 3.11. The number of pyridine rings is 2. The van der Waals surface area contributed by atoms with E-state index >= 15 is 0 Å². The predicted octanol–water partition coefficient (Wildman–Crippen LogP) is 2.97. The van der Waals surface area contributed by atoms with Gasteiger partial charge in [-0.25, -0.2) is 8.42 Å². The number of rotatable bonds is 4. The number of nitrogens with zero attached hydrogens (tertiary/aromatic N) is 3. The van der Waals surface area contributed by atoms with E-state index in [2.05, 4.69) is 9.97 Å². The van der Waals surface area contributed by atoms with Crippen LogP contribution in [0.3, 0.4) is 0 Å². The van der Waals surface area contributed by atoms with Crippen LogP contribution < -0.4 is 4.74 Å². The van der Waals surface area contributed by atoms with Gasteiger partial charge in [-0.15, -0.1) is 0 Å². The Morgan fingerprint density at radius 3 is 2.72 bits per heavy atom. The van der Waals surface area contributed by atoms with Crippen molar-refractivity contribution in [2.75, 3.05) is 0 Å². The third-order valence-corrected chi connectivity index (χ3v) is 5.82. The minimum atomic E-state index is -3.51. The molecule has 0 fully saturated rings. The molecule has 4 rings (SSSR count). The van der Waals surface area contributed by atoms with Crippen LogP contribution in [0.1, 0.15) is 11.3 Å². The SMILES string of the molecule is O=S1(=O)c2ccc(Oc3cccnc3)cc2CN1Cc1ccccn1. The van der Waals surface area contributed by atoms with Crippen LogP contribution in [0, 0.1) is 0 Å². The summed E-state index contributed by atoms with van der Waals surface area (Å²) in [6, 6.07) is 14.1. The summed E-state index contributed by atoms with van der Waals surface area (Å²) in [5, 5.41) is 0. The zero-order valence-corrected chi connectivity index (χ0v) is 14.1. The van der Waals surface area contributed by atoms with Gasteiger partial charge in [-0.05, 0) is 48.0 Å². The molecule has 1 aromatic carbocycles. The molecule has 3 aromatic rings. The Hall–Kier alpha value is -2.77. The lowest BCUT2D eigenvalue weighted by Crippen LogP contribution is -2.24. The van der Waals surface area contributed by atoms with Crippen LogP contribution in [0.2, 0.25) is 0 Å². The Labute approximate surface area is 145 Å². The van der Waals surface area contributed by atoms with Gasteiger partial charge in [0, 0.05) is 18.9 Å². The maximum atomic E-state index is 12.7. The first-order valence-corrected chi connectivity index (χ1v) is 9.18. The molecule has 0 radical (unpaired) electrons. The summed E-state index contributed by atoms with van der Waals surface area (Å²) in [6.45, 7) is 0.551. The molecule has 0 saturated carbocycles. The van der Waals surface area contributed by atoms with Gasteiger partial charge in [-0.2, -0.15) is 4.31 Å². The molecule has 0 atom stereocenters. The highest BCUT2D eigenvalue weighted by atomic mass is 32.2. The molecule has 0 amide bonds. The first-order chi connectivity index (χ1) is 12.1. The molecule has 25 heavy (non-hydrogen) atoms. The number of sulfonamides is 1. The molecule has 3 heterocycles. The highest BCUT2D eigenvalue weighted by molar-refractivity contribution is 7.89. The van der Waals surface area contributed by atoms with Gasteiger partial charge >= 0.3 is 0 Å². The van der Waals surface area contributed by atoms with Crippen LogP contribution in [-0.2, 0) is 23.1 Å². The van der Waals surface area contributed by atoms with Crippen molar-refractivity contribution in [3.63, 3.8) is 0 Å². The molecular weight excluding hydrogens is 338 g/mol. The number of fused-ring (bicyclic) bond motifs is 1. The Balaban J connectivity index is 1.60. The van der Waals surface area contributed by atoms with E-state index in [0.717, 1.165) is 5.56 Å². The van der Waals surface area contributed by atoms with Crippen LogP contribution in [0.25, 0.3) is 0 Å². The molecule has 0 unspecified atom stereocenters. The lowest BCUT2D eigenvalue weighted by Gasteiger charge is -2.13. The number of hydrogen-bond acceptors (Lipinski definition) is 5. The standard InChI is InChI=1S/C18H15N3O3S/c22-25(23)18-7-6-16(24-17-5-3-8-19-11-17)10-14(18)12-21(25)13-15-4-1-2-9-20-15/h1-11H,12-13H2. The van der Waals surface area contributed by atoms with E-state index in [1.807, 2.05) is 12.1 Å². The second kappa shape index (κ2) is 6.27. The lowest BCUT2D eigenvalue weighted by atomic mass is 10.2. The van der Waals surface area contributed by atoms with Crippen molar-refractivity contribution >= 4 is 10.0 Å². The van der Waals surface area contributed by atoms with E-state index in [0.29, 0.717) is 28.6 Å². The summed E-state index contributed by atoms with van der Waals surface area (Å²) in [4.78, 5) is 8.53. The van der Waals surface area contributed by atoms with Crippen molar-refractivity contribution < 1.29 is 13.2 Å². The molecular formula is C18H15N3O3S. The number of ether oxygens (including phenoxy) is 1. The largest absolute Gasteiger partial charge is 0.456 e. The van der Waals surface area contributed by atoms with Crippen molar-refractivity contribution in [2.24, 2.45) is 0 Å². The van der Waals surface area contributed by atoms with Gasteiger partial charge in [0.15, 0.2) is 0 Å². The smallest absolute Gasteiger partial charge is 0.244 e. The van der Waals surface area contributed by atoms with Crippen molar-refractivity contribution in [1.29, 1.82) is 0 Å². The third-order valence-electron chi connectivity index (χ3n) is 3.93. The van der Waals surface area contributed by atoms with E-state index in [1.165, 1.54) is 4.31 Å². The Kier molecular flexibility index (Phi) is 3.95. The fraction of sp³-hybridized carbons (Fsp3) is 0.111. The summed E-state index contributed by atoms with van der Waals surface area (Å²) in [6.07, 6.45) is 4.93. The van der Waals surface area contributed by atoms with Crippen molar-refractivity contribution in [2.45, 2.75) is 18.0 Å². The Morgan fingerprint density at radius 2 is 1.96 bits per heavy atom. The lowest BCUT2D eigenvalue weighted by molar-refractivity contribution is 0.414. The van der Waals surface area contributed by atoms with E-state index in [4.69, 9.17) is 4.74 Å². The molecule has 1 aliphatic heterocycles. The molecule has 0 spiro atoms. The normalized spacial score (nSPS) is 15.7. The fourth-order valence-corrected chi connectivity index (χ4v) is 4.35. The monoisotopic (exact) mass is 353 g/mol. The molecule has 6 nitrogen and oxygen atoms in total. The number of aromatic nitrogens is 2. The van der Waals surface area contributed by atoms with E-state index in [-0.39, 0.29) is 6.54 Å². The quantitative estimate of drug-likeness (QED) is 0.721. The second-order valence-electron chi connectivity index (χ2n) is 5.65. The number of hydrogen-bond donors (Lipinski definition) is 0. The van der Waals surface area contributed by atoms with Gasteiger partial charge < -0.3 is 4.74 Å². The highest BCUT2D eigenvalue weighted by Gasteiger charge is 2.35. The summed E-state index contributed by atoms with van der Waals surface area (Å²) in [5.41, 5.74) is 1.43. The Morgan fingerprint density at radius 1 is 1.04 bits per heavy atom. The summed E-state index contributed by atoms with van der Waals surface area (Å²) >= 11 is 0. The zero-order chi connectivity index (χ0) is 17.3. The molecule has 0 aliphatic carbocycles. The fourth-order valence-electron chi connectivity index (χ4n) is 2.77. The molecule has 7 heteroatoms. The van der Waals surface area contributed by atoms with Crippen LogP contribution in [0.4, 0.5) is 0 Å². The predicted molar refractivity (Wildman–Crippen MR) is 91.4 cm³/mol. The first kappa shape index (κ1) is 15.7. The van der Waals surface area contributed by atoms with Gasteiger partial charge in [0.2, 0.25) is 10.0 Å². The molecule has 1 aliphatic rings. The summed E-state index contributed by atoms with van der Waals surface area (Å²) in [7, 11) is -3.51. The maximum absolute atomic E-state index is 12.7. The molecule has 0 N–H and O–H groups in total. The molecule has 0 bridgehead atoms. The topological polar surface area (TPSA) is 72.4 Å². The molecule has 126 valence electrons. The van der Waals surface area contributed by atoms with Gasteiger partial charge in [0.05, 0.1) is 23.3 Å². The van der Waals surface area contributed by atoms with Crippen LogP contribution in [0.5, 0.6) is 11.5 Å². The van der Waals surface area contributed by atoms with E-state index < -0.39 is 10.0 Å². The van der Waals surface area contributed by atoms with Crippen LogP contribution in [0.15, 0.2) is 72.0 Å². The van der Waals surface area contributed by atoms with Gasteiger partial charge in [0.1, 0.15) is 11.5 Å². The van der Waals surface area contributed by atoms with Gasteiger partial charge in [-0.1, -0.05) is 6.07 Å². The van der Waals surface area contributed by atoms with Gasteiger partial charge in [0.25, 0.3) is 0 Å². The van der Waals surface area contributed by atoms with Crippen molar-refractivity contribution in [3.05, 3.63) is 78.4 Å². The molecule has 2 aromatic heterocycles. The van der Waals surface area contributed by atoms with Gasteiger partial charge in [-0.3, -0.25) is 9.97 Å². The van der Waals surface area contributed by atoms with Crippen LogP contribution >= 0.6 is 0 Å². The first-order valence-electron chi connectivity index (χ1n) is 7.74. The van der Waals surface area contributed by atoms with E-state index in [9.17, 15) is 8.42 Å². The second-order valence-corrected chi connectivity index (χ2v) is 7.56. The van der Waals surface area contributed by atoms with Crippen LogP contribution in [-0.4, -0.2) is 22.7 Å². The summed E-state index contributed by atoms with van der Waals surface area (Å²) < 4.78 is 32.6. The van der Waals surface area contributed by atoms with Crippen molar-refractivity contribution in [3.8, 4) is 11.5 Å². The molecule has 0 saturated heterocycles.